The summed E-state index contributed by atoms with van der Waals surface area (Å²) in [6.45, 7) is 0. The topological polar surface area (TPSA) is 71.7 Å². The molecule has 0 unspecified atom stereocenters. The van der Waals surface area contributed by atoms with Crippen molar-refractivity contribution in [3.8, 4) is 0 Å². The van der Waals surface area contributed by atoms with Crippen LogP contribution in [-0.2, 0) is 9.84 Å². The van der Waals surface area contributed by atoms with Gasteiger partial charge in [-0.05, 0) is 37.8 Å². The third kappa shape index (κ3) is 3.05. The van der Waals surface area contributed by atoms with Crippen LogP contribution in [0.1, 0.15) is 55.4 Å². The third-order valence-electron chi connectivity index (χ3n) is 5.19. The number of hydrogen-bond donors (Lipinski definition) is 0. The van der Waals surface area contributed by atoms with E-state index in [1.54, 1.807) is 18.3 Å². The summed E-state index contributed by atoms with van der Waals surface area (Å²) in [6, 6.07) is 5.87. The number of pyridine rings is 1. The van der Waals surface area contributed by atoms with Crippen LogP contribution in [0.4, 0.5) is 0 Å². The molecule has 1 amide bonds. The van der Waals surface area contributed by atoms with E-state index < -0.39 is 9.84 Å². The van der Waals surface area contributed by atoms with Crippen molar-refractivity contribution in [1.29, 1.82) is 0 Å². The van der Waals surface area contributed by atoms with Gasteiger partial charge in [0.1, 0.15) is 0 Å². The molecule has 2 fully saturated rings. The minimum absolute atomic E-state index is 0.0640. The lowest BCUT2D eigenvalue weighted by Gasteiger charge is -2.34. The van der Waals surface area contributed by atoms with Gasteiger partial charge in [0.25, 0.3) is 5.91 Å². The molecule has 25 heavy (non-hydrogen) atoms. The molecule has 0 saturated heterocycles. The average Bonchev–Trinajstić information content (AvgIpc) is 3.33. The van der Waals surface area contributed by atoms with E-state index in [4.69, 9.17) is 0 Å². The number of fused-ring (bicyclic) bond motifs is 1. The second kappa shape index (κ2) is 6.12. The molecule has 0 radical (unpaired) electrons. The molecule has 2 aromatic rings. The van der Waals surface area contributed by atoms with Crippen LogP contribution < -0.4 is 0 Å². The summed E-state index contributed by atoms with van der Waals surface area (Å²) in [7, 11) is -3.52. The molecule has 2 heterocycles. The molecule has 0 bridgehead atoms. The number of rotatable bonds is 4. The summed E-state index contributed by atoms with van der Waals surface area (Å²) in [5, 5.41) is -0.0640. The van der Waals surface area contributed by atoms with Crippen molar-refractivity contribution in [3.05, 3.63) is 30.1 Å². The second-order valence-electron chi connectivity index (χ2n) is 7.21. The molecule has 0 atom stereocenters. The molecule has 2 aliphatic rings. The van der Waals surface area contributed by atoms with Gasteiger partial charge in [0.2, 0.25) is 15.0 Å². The molecular formula is C18H23N3O3S. The summed E-state index contributed by atoms with van der Waals surface area (Å²) in [4.78, 5) is 19.6. The van der Waals surface area contributed by atoms with Crippen molar-refractivity contribution in [1.82, 2.24) is 14.3 Å². The normalized spacial score (nSPS) is 19.2. The van der Waals surface area contributed by atoms with E-state index in [0.29, 0.717) is 5.52 Å². The van der Waals surface area contributed by atoms with Gasteiger partial charge < -0.3 is 4.90 Å². The zero-order chi connectivity index (χ0) is 17.6. The number of aromatic nitrogens is 2. The van der Waals surface area contributed by atoms with Crippen molar-refractivity contribution >= 4 is 21.3 Å². The molecule has 7 heteroatoms. The zero-order valence-electron chi connectivity index (χ0n) is 14.4. The smallest absolute Gasteiger partial charge is 0.275 e. The largest absolute Gasteiger partial charge is 0.331 e. The number of nitrogens with zero attached hydrogens (tertiary/aromatic N) is 3. The van der Waals surface area contributed by atoms with E-state index in [-0.39, 0.29) is 28.8 Å². The maximum absolute atomic E-state index is 13.3. The van der Waals surface area contributed by atoms with Crippen molar-refractivity contribution in [2.24, 2.45) is 0 Å². The minimum atomic E-state index is -3.52. The van der Waals surface area contributed by atoms with Gasteiger partial charge in [-0.15, -0.1) is 0 Å². The van der Waals surface area contributed by atoms with E-state index >= 15 is 0 Å². The van der Waals surface area contributed by atoms with Crippen LogP contribution in [0.5, 0.6) is 0 Å². The number of amides is 1. The van der Waals surface area contributed by atoms with Gasteiger partial charge >= 0.3 is 0 Å². The van der Waals surface area contributed by atoms with Crippen LogP contribution in [0.3, 0.4) is 0 Å². The van der Waals surface area contributed by atoms with Gasteiger partial charge in [0, 0.05) is 24.5 Å². The first-order chi connectivity index (χ1) is 12.0. The molecule has 4 rings (SSSR count). The van der Waals surface area contributed by atoms with Gasteiger partial charge in [-0.2, -0.15) is 0 Å². The van der Waals surface area contributed by atoms with Crippen LogP contribution in [0, 0.1) is 0 Å². The van der Waals surface area contributed by atoms with Crippen LogP contribution >= 0.6 is 0 Å². The highest BCUT2D eigenvalue weighted by Crippen LogP contribution is 2.35. The van der Waals surface area contributed by atoms with Crippen molar-refractivity contribution in [2.45, 2.75) is 62.2 Å². The predicted octanol–water partition coefficient (Wildman–Crippen LogP) is 2.68. The van der Waals surface area contributed by atoms with E-state index in [2.05, 4.69) is 4.98 Å². The fourth-order valence-corrected chi connectivity index (χ4v) is 4.67. The van der Waals surface area contributed by atoms with Crippen molar-refractivity contribution in [2.75, 3.05) is 6.26 Å². The Morgan fingerprint density at radius 3 is 2.44 bits per heavy atom. The summed E-state index contributed by atoms with van der Waals surface area (Å²) in [5.74, 6) is -0.118. The quantitative estimate of drug-likeness (QED) is 0.839. The number of carbonyl (C=O) groups is 1. The highest BCUT2D eigenvalue weighted by atomic mass is 32.2. The molecule has 134 valence electrons. The van der Waals surface area contributed by atoms with Crippen LogP contribution in [0.25, 0.3) is 5.52 Å². The van der Waals surface area contributed by atoms with Gasteiger partial charge in [-0.1, -0.05) is 25.3 Å². The van der Waals surface area contributed by atoms with Gasteiger partial charge in [-0.3, -0.25) is 9.20 Å². The van der Waals surface area contributed by atoms with E-state index in [9.17, 15) is 13.2 Å². The maximum Gasteiger partial charge on any atom is 0.275 e. The van der Waals surface area contributed by atoms with Gasteiger partial charge in [0.05, 0.1) is 5.52 Å². The first kappa shape index (κ1) is 16.6. The minimum Gasteiger partial charge on any atom is -0.331 e. The molecule has 0 spiro atoms. The molecule has 2 aliphatic carbocycles. The Hall–Kier alpha value is -1.89. The monoisotopic (exact) mass is 361 g/mol. The summed E-state index contributed by atoms with van der Waals surface area (Å²) in [5.41, 5.74) is 0.827. The van der Waals surface area contributed by atoms with E-state index in [0.717, 1.165) is 44.8 Å². The molecule has 2 saturated carbocycles. The van der Waals surface area contributed by atoms with Crippen LogP contribution in [-0.4, -0.2) is 46.9 Å². The molecule has 2 aromatic heterocycles. The number of sulfone groups is 1. The standard InChI is InChI=1S/C18H23N3O3S/c1-25(23,24)18-19-16(15-9-5-6-12-20(15)18)17(22)21(14-10-11-14)13-7-3-2-4-8-13/h5-6,9,12-14H,2-4,7-8,10-11H2,1H3. The predicted molar refractivity (Wildman–Crippen MR) is 94.4 cm³/mol. The lowest BCUT2D eigenvalue weighted by molar-refractivity contribution is 0.0610. The van der Waals surface area contributed by atoms with Crippen LogP contribution in [0.2, 0.25) is 0 Å². The Labute approximate surface area is 147 Å². The second-order valence-corrected chi connectivity index (χ2v) is 9.12. The first-order valence-electron chi connectivity index (χ1n) is 8.96. The van der Waals surface area contributed by atoms with E-state index in [1.165, 1.54) is 10.8 Å². The lowest BCUT2D eigenvalue weighted by atomic mass is 9.93. The van der Waals surface area contributed by atoms with Crippen molar-refractivity contribution in [3.63, 3.8) is 0 Å². The fraction of sp³-hybridized carbons (Fsp3) is 0.556. The average molecular weight is 361 g/mol. The Bertz CT molecular complexity index is 909. The first-order valence-corrected chi connectivity index (χ1v) is 10.9. The number of imidazole rings is 1. The molecule has 0 aromatic carbocycles. The van der Waals surface area contributed by atoms with Gasteiger partial charge in [0.15, 0.2) is 5.69 Å². The number of carbonyl (C=O) groups excluding carboxylic acids is 1. The lowest BCUT2D eigenvalue weighted by Crippen LogP contribution is -2.43. The summed E-state index contributed by atoms with van der Waals surface area (Å²) < 4.78 is 25.7. The van der Waals surface area contributed by atoms with Crippen molar-refractivity contribution < 1.29 is 13.2 Å². The zero-order valence-corrected chi connectivity index (χ0v) is 15.2. The van der Waals surface area contributed by atoms with Gasteiger partial charge in [-0.25, -0.2) is 13.4 Å². The highest BCUT2D eigenvalue weighted by molar-refractivity contribution is 7.90. The maximum atomic E-state index is 13.3. The third-order valence-corrected chi connectivity index (χ3v) is 6.14. The molecular weight excluding hydrogens is 338 g/mol. The highest BCUT2D eigenvalue weighted by Gasteiger charge is 2.39. The molecule has 0 aliphatic heterocycles. The Kier molecular flexibility index (Phi) is 4.06. The molecule has 6 nitrogen and oxygen atoms in total. The Balaban J connectivity index is 1.79. The SMILES string of the molecule is CS(=O)(=O)c1nc(C(=O)N(C2CCCCC2)C2CC2)c2ccccn12. The Morgan fingerprint density at radius 2 is 1.80 bits per heavy atom. The summed E-state index contributed by atoms with van der Waals surface area (Å²) in [6.07, 6.45) is 10.5. The number of hydrogen-bond acceptors (Lipinski definition) is 4. The molecule has 0 N–H and O–H groups in total. The van der Waals surface area contributed by atoms with Crippen LogP contribution in [0.15, 0.2) is 29.6 Å². The summed E-state index contributed by atoms with van der Waals surface area (Å²) >= 11 is 0. The Morgan fingerprint density at radius 1 is 1.12 bits per heavy atom. The fourth-order valence-electron chi connectivity index (χ4n) is 3.89. The van der Waals surface area contributed by atoms with E-state index in [1.807, 2.05) is 11.0 Å².